The van der Waals surface area contributed by atoms with Crippen LogP contribution in [0.15, 0.2) is 29.6 Å². The molecule has 0 aliphatic heterocycles. The maximum atomic E-state index is 12.3. The molecule has 3 rings (SSSR count). The Labute approximate surface area is 140 Å². The summed E-state index contributed by atoms with van der Waals surface area (Å²) in [6.07, 6.45) is 4.06. The predicted molar refractivity (Wildman–Crippen MR) is 92.6 cm³/mol. The number of hydrogen-bond acceptors (Lipinski definition) is 4. The second kappa shape index (κ2) is 7.23. The zero-order valence-corrected chi connectivity index (χ0v) is 14.1. The molecule has 0 bridgehead atoms. The number of nitrogens with one attached hydrogen (secondary N) is 1. The molecule has 5 heteroatoms. The Balaban J connectivity index is 1.63. The molecule has 0 radical (unpaired) electrons. The maximum Gasteiger partial charge on any atom is 0.251 e. The first-order valence-corrected chi connectivity index (χ1v) is 9.00. The smallest absolute Gasteiger partial charge is 0.251 e. The number of aryl methyl sites for hydroxylation is 1. The first-order valence-electron chi connectivity index (χ1n) is 8.12. The number of aliphatic hydroxyl groups excluding tert-OH is 1. The van der Waals surface area contributed by atoms with Crippen molar-refractivity contribution in [1.29, 1.82) is 0 Å². The van der Waals surface area contributed by atoms with E-state index in [0.29, 0.717) is 18.0 Å². The Morgan fingerprint density at radius 1 is 1.43 bits per heavy atom. The Kier molecular flexibility index (Phi) is 5.08. The van der Waals surface area contributed by atoms with Crippen molar-refractivity contribution >= 4 is 17.2 Å². The van der Waals surface area contributed by atoms with Crippen molar-refractivity contribution in [3.8, 4) is 11.3 Å². The quantitative estimate of drug-likeness (QED) is 0.883. The molecule has 2 aromatic rings. The van der Waals surface area contributed by atoms with Crippen LogP contribution in [0, 0.1) is 12.8 Å². The molecule has 23 heavy (non-hydrogen) atoms. The van der Waals surface area contributed by atoms with Crippen LogP contribution >= 0.6 is 11.3 Å². The lowest BCUT2D eigenvalue weighted by molar-refractivity contribution is 0.0840. The van der Waals surface area contributed by atoms with Crippen LogP contribution in [0.1, 0.15) is 41.0 Å². The zero-order valence-electron chi connectivity index (χ0n) is 13.3. The highest BCUT2D eigenvalue weighted by atomic mass is 32.1. The van der Waals surface area contributed by atoms with Gasteiger partial charge in [0.05, 0.1) is 16.8 Å². The van der Waals surface area contributed by atoms with Crippen molar-refractivity contribution in [2.75, 3.05) is 6.54 Å². The van der Waals surface area contributed by atoms with Gasteiger partial charge in [-0.15, -0.1) is 11.3 Å². The lowest BCUT2D eigenvalue weighted by atomic mass is 10.0. The first kappa shape index (κ1) is 16.1. The van der Waals surface area contributed by atoms with Gasteiger partial charge in [-0.1, -0.05) is 25.0 Å². The summed E-state index contributed by atoms with van der Waals surface area (Å²) in [5.74, 6) is 0.190. The van der Waals surface area contributed by atoms with E-state index in [-0.39, 0.29) is 5.91 Å². The van der Waals surface area contributed by atoms with E-state index in [1.807, 2.05) is 30.5 Å². The number of rotatable bonds is 5. The van der Waals surface area contributed by atoms with E-state index in [1.54, 1.807) is 17.4 Å². The van der Waals surface area contributed by atoms with Gasteiger partial charge in [-0.3, -0.25) is 4.79 Å². The summed E-state index contributed by atoms with van der Waals surface area (Å²) in [7, 11) is 0. The Morgan fingerprint density at radius 2 is 2.22 bits per heavy atom. The molecule has 1 heterocycles. The van der Waals surface area contributed by atoms with Crippen LogP contribution in [0.25, 0.3) is 11.3 Å². The molecular weight excluding hydrogens is 308 g/mol. The van der Waals surface area contributed by atoms with Gasteiger partial charge >= 0.3 is 0 Å². The molecule has 1 aliphatic carbocycles. The third kappa shape index (κ3) is 3.98. The molecule has 1 amide bonds. The van der Waals surface area contributed by atoms with Crippen LogP contribution in [0.2, 0.25) is 0 Å². The lowest BCUT2D eigenvalue weighted by Gasteiger charge is -2.18. The van der Waals surface area contributed by atoms with Gasteiger partial charge in [0.15, 0.2) is 0 Å². The van der Waals surface area contributed by atoms with Crippen LogP contribution in [0.5, 0.6) is 0 Å². The molecule has 1 atom stereocenters. The fourth-order valence-electron chi connectivity index (χ4n) is 3.12. The highest BCUT2D eigenvalue weighted by Crippen LogP contribution is 2.27. The van der Waals surface area contributed by atoms with Gasteiger partial charge in [-0.25, -0.2) is 4.98 Å². The molecule has 1 unspecified atom stereocenters. The Hall–Kier alpha value is -1.72. The molecule has 0 spiro atoms. The number of carbonyl (C=O) groups excluding carboxylic acids is 1. The van der Waals surface area contributed by atoms with Crippen molar-refractivity contribution in [1.82, 2.24) is 10.3 Å². The third-order valence-electron chi connectivity index (χ3n) is 4.46. The normalized spacial score (nSPS) is 16.4. The third-order valence-corrected chi connectivity index (χ3v) is 5.23. The monoisotopic (exact) mass is 330 g/mol. The second-order valence-electron chi connectivity index (χ2n) is 6.15. The van der Waals surface area contributed by atoms with Gasteiger partial charge in [-0.05, 0) is 37.8 Å². The first-order chi connectivity index (χ1) is 11.1. The van der Waals surface area contributed by atoms with Crippen LogP contribution in [-0.4, -0.2) is 28.6 Å². The number of amides is 1. The fourth-order valence-corrected chi connectivity index (χ4v) is 3.75. The van der Waals surface area contributed by atoms with E-state index in [2.05, 4.69) is 10.3 Å². The molecule has 0 saturated heterocycles. The number of nitrogens with zero attached hydrogens (tertiary/aromatic N) is 1. The largest absolute Gasteiger partial charge is 0.391 e. The second-order valence-corrected chi connectivity index (χ2v) is 7.22. The van der Waals surface area contributed by atoms with Crippen molar-refractivity contribution in [3.05, 3.63) is 40.2 Å². The van der Waals surface area contributed by atoms with Crippen LogP contribution in [0.3, 0.4) is 0 Å². The SMILES string of the molecule is Cc1nc(-c2cccc(C(=O)NCC(O)C3CCCC3)c2)cs1. The average Bonchev–Trinajstić information content (AvgIpc) is 3.24. The summed E-state index contributed by atoms with van der Waals surface area (Å²) in [5.41, 5.74) is 2.44. The molecule has 122 valence electrons. The number of hydrogen-bond donors (Lipinski definition) is 2. The zero-order chi connectivity index (χ0) is 16.2. The topological polar surface area (TPSA) is 62.2 Å². The highest BCUT2D eigenvalue weighted by molar-refractivity contribution is 7.09. The van der Waals surface area contributed by atoms with Crippen molar-refractivity contribution in [3.63, 3.8) is 0 Å². The predicted octanol–water partition coefficient (Wildman–Crippen LogP) is 3.40. The molecule has 1 saturated carbocycles. The van der Waals surface area contributed by atoms with E-state index in [1.165, 1.54) is 12.8 Å². The molecular formula is C18H22N2O2S. The van der Waals surface area contributed by atoms with Crippen molar-refractivity contribution in [2.24, 2.45) is 5.92 Å². The molecule has 1 aromatic heterocycles. The molecule has 1 aromatic carbocycles. The minimum absolute atomic E-state index is 0.143. The van der Waals surface area contributed by atoms with Crippen LogP contribution in [-0.2, 0) is 0 Å². The van der Waals surface area contributed by atoms with E-state index in [4.69, 9.17) is 0 Å². The summed E-state index contributed by atoms with van der Waals surface area (Å²) in [5, 5.41) is 16.0. The minimum atomic E-state index is -0.439. The number of aromatic nitrogens is 1. The van der Waals surface area contributed by atoms with Gasteiger partial charge in [0.1, 0.15) is 0 Å². The number of benzene rings is 1. The summed E-state index contributed by atoms with van der Waals surface area (Å²) in [6.45, 7) is 2.29. The summed E-state index contributed by atoms with van der Waals surface area (Å²) in [6, 6.07) is 7.47. The van der Waals surface area contributed by atoms with E-state index in [0.717, 1.165) is 29.1 Å². The van der Waals surface area contributed by atoms with Gasteiger partial charge in [0.2, 0.25) is 0 Å². The number of aliphatic hydroxyl groups is 1. The molecule has 1 aliphatic rings. The summed E-state index contributed by atoms with van der Waals surface area (Å²) < 4.78 is 0. The summed E-state index contributed by atoms with van der Waals surface area (Å²) >= 11 is 1.60. The van der Waals surface area contributed by atoms with E-state index < -0.39 is 6.10 Å². The number of carbonyl (C=O) groups is 1. The maximum absolute atomic E-state index is 12.3. The standard InChI is InChI=1S/C18H22N2O2S/c1-12-20-16(11-23-12)14-7-4-8-15(9-14)18(22)19-10-17(21)13-5-2-3-6-13/h4,7-9,11,13,17,21H,2-3,5-6,10H2,1H3,(H,19,22). The molecule has 1 fully saturated rings. The van der Waals surface area contributed by atoms with E-state index >= 15 is 0 Å². The van der Waals surface area contributed by atoms with Gasteiger partial charge in [-0.2, -0.15) is 0 Å². The van der Waals surface area contributed by atoms with Gasteiger partial charge < -0.3 is 10.4 Å². The highest BCUT2D eigenvalue weighted by Gasteiger charge is 2.23. The Bertz CT molecular complexity index is 677. The molecule has 2 N–H and O–H groups in total. The van der Waals surface area contributed by atoms with Crippen LogP contribution in [0.4, 0.5) is 0 Å². The van der Waals surface area contributed by atoms with Gasteiger partial charge in [0.25, 0.3) is 5.91 Å². The van der Waals surface area contributed by atoms with E-state index in [9.17, 15) is 9.90 Å². The van der Waals surface area contributed by atoms with Crippen LogP contribution < -0.4 is 5.32 Å². The fraction of sp³-hybridized carbons (Fsp3) is 0.444. The minimum Gasteiger partial charge on any atom is -0.391 e. The van der Waals surface area contributed by atoms with Gasteiger partial charge in [0, 0.05) is 23.1 Å². The average molecular weight is 330 g/mol. The molecule has 4 nitrogen and oxygen atoms in total. The number of thiazole rings is 1. The Morgan fingerprint density at radius 3 is 2.91 bits per heavy atom. The van der Waals surface area contributed by atoms with Crippen molar-refractivity contribution in [2.45, 2.75) is 38.7 Å². The summed E-state index contributed by atoms with van der Waals surface area (Å²) in [4.78, 5) is 16.8. The van der Waals surface area contributed by atoms with Crippen molar-refractivity contribution < 1.29 is 9.90 Å². The lowest BCUT2D eigenvalue weighted by Crippen LogP contribution is -2.35.